The highest BCUT2D eigenvalue weighted by Crippen LogP contribution is 2.22. The van der Waals surface area contributed by atoms with Crippen molar-refractivity contribution in [3.63, 3.8) is 0 Å². The monoisotopic (exact) mass is 445 g/mol. The first kappa shape index (κ1) is 22.2. The van der Waals surface area contributed by atoms with Crippen molar-refractivity contribution < 1.29 is 26.8 Å². The molecule has 0 radical (unpaired) electrons. The second-order valence-electron chi connectivity index (χ2n) is 6.70. The van der Waals surface area contributed by atoms with Crippen LogP contribution in [0.25, 0.3) is 0 Å². The summed E-state index contributed by atoms with van der Waals surface area (Å²) in [4.78, 5) is 25.8. The summed E-state index contributed by atoms with van der Waals surface area (Å²) in [6, 6.07) is 12.5. The van der Waals surface area contributed by atoms with Crippen LogP contribution < -0.4 is 10.5 Å². The summed E-state index contributed by atoms with van der Waals surface area (Å²) >= 11 is 0. The largest absolute Gasteiger partial charge is 0.468 e. The van der Waals surface area contributed by atoms with Crippen molar-refractivity contribution >= 4 is 21.8 Å². The molecule has 162 valence electrons. The lowest BCUT2D eigenvalue weighted by molar-refractivity contribution is -0.122. The zero-order chi connectivity index (χ0) is 22.6. The topological polar surface area (TPSA) is 123 Å². The van der Waals surface area contributed by atoms with Gasteiger partial charge in [-0.25, -0.2) is 17.5 Å². The number of furan rings is 1. The van der Waals surface area contributed by atoms with Gasteiger partial charge in [-0.05, 0) is 54.1 Å². The van der Waals surface area contributed by atoms with Gasteiger partial charge in [-0.2, -0.15) is 0 Å². The molecule has 8 nitrogen and oxygen atoms in total. The first-order valence-corrected chi connectivity index (χ1v) is 10.6. The number of amides is 2. The van der Waals surface area contributed by atoms with Gasteiger partial charge in [0.1, 0.15) is 17.6 Å². The lowest BCUT2D eigenvalue weighted by Crippen LogP contribution is -2.39. The van der Waals surface area contributed by atoms with E-state index in [9.17, 15) is 22.4 Å². The van der Waals surface area contributed by atoms with E-state index in [1.165, 1.54) is 55.8 Å². The highest BCUT2D eigenvalue weighted by Gasteiger charge is 2.28. The van der Waals surface area contributed by atoms with E-state index in [0.29, 0.717) is 5.76 Å². The summed E-state index contributed by atoms with van der Waals surface area (Å²) in [7, 11) is -2.47. The quantitative estimate of drug-likeness (QED) is 0.550. The number of nitrogens with zero attached hydrogens (tertiary/aromatic N) is 1. The molecule has 0 aliphatic rings. The van der Waals surface area contributed by atoms with E-state index in [0.717, 1.165) is 11.0 Å². The zero-order valence-corrected chi connectivity index (χ0v) is 17.3. The van der Waals surface area contributed by atoms with Gasteiger partial charge < -0.3 is 15.1 Å². The Morgan fingerprint density at radius 1 is 1.13 bits per heavy atom. The Balaban J connectivity index is 1.77. The van der Waals surface area contributed by atoms with Crippen molar-refractivity contribution in [3.8, 4) is 0 Å². The third-order valence-electron chi connectivity index (χ3n) is 4.57. The Morgan fingerprint density at radius 3 is 2.42 bits per heavy atom. The van der Waals surface area contributed by atoms with E-state index in [-0.39, 0.29) is 22.6 Å². The molecule has 0 fully saturated rings. The van der Waals surface area contributed by atoms with E-state index < -0.39 is 33.7 Å². The van der Waals surface area contributed by atoms with Crippen molar-refractivity contribution in [1.29, 1.82) is 0 Å². The van der Waals surface area contributed by atoms with Crippen LogP contribution in [0, 0.1) is 5.82 Å². The molecular formula is C21H20FN3O5S. The van der Waals surface area contributed by atoms with Gasteiger partial charge in [0, 0.05) is 12.6 Å². The Kier molecular flexibility index (Phi) is 6.52. The average molecular weight is 445 g/mol. The average Bonchev–Trinajstić information content (AvgIpc) is 3.25. The number of carbonyl (C=O) groups is 2. The second-order valence-corrected chi connectivity index (χ2v) is 8.47. The molecule has 0 bridgehead atoms. The molecular weight excluding hydrogens is 425 g/mol. The minimum atomic E-state index is -3.83. The molecule has 3 N–H and O–H groups in total. The number of hydrogen-bond donors (Lipinski definition) is 2. The highest BCUT2D eigenvalue weighted by molar-refractivity contribution is 7.89. The van der Waals surface area contributed by atoms with Crippen LogP contribution in [0.4, 0.5) is 4.39 Å². The van der Waals surface area contributed by atoms with Crippen LogP contribution in [0.15, 0.2) is 76.2 Å². The number of likely N-dealkylation sites (N-methyl/N-ethyl adjacent to an activating group) is 1. The molecule has 10 heteroatoms. The van der Waals surface area contributed by atoms with Gasteiger partial charge in [0.05, 0.1) is 17.7 Å². The molecule has 0 saturated carbocycles. The van der Waals surface area contributed by atoms with Crippen LogP contribution in [0.3, 0.4) is 0 Å². The molecule has 1 aromatic heterocycles. The lowest BCUT2D eigenvalue weighted by atomic mass is 10.0. The van der Waals surface area contributed by atoms with Crippen LogP contribution in [-0.2, 0) is 21.4 Å². The van der Waals surface area contributed by atoms with Gasteiger partial charge in [0.15, 0.2) is 0 Å². The van der Waals surface area contributed by atoms with E-state index in [1.807, 2.05) is 0 Å². The fraction of sp³-hybridized carbons (Fsp3) is 0.143. The number of halogens is 1. The second kappa shape index (κ2) is 9.11. The highest BCUT2D eigenvalue weighted by atomic mass is 32.2. The molecule has 0 spiro atoms. The normalized spacial score (nSPS) is 12.3. The van der Waals surface area contributed by atoms with Crippen molar-refractivity contribution in [2.75, 3.05) is 7.05 Å². The van der Waals surface area contributed by atoms with Crippen molar-refractivity contribution in [2.45, 2.75) is 17.5 Å². The predicted octanol–water partition coefficient (Wildman–Crippen LogP) is 2.20. The molecule has 1 atom stereocenters. The number of carbonyl (C=O) groups excluding carboxylic acids is 2. The Hall–Kier alpha value is -3.50. The van der Waals surface area contributed by atoms with Crippen molar-refractivity contribution in [3.05, 3.63) is 89.6 Å². The Morgan fingerprint density at radius 2 is 1.84 bits per heavy atom. The zero-order valence-electron chi connectivity index (χ0n) is 16.5. The van der Waals surface area contributed by atoms with Gasteiger partial charge in [-0.3, -0.25) is 9.59 Å². The van der Waals surface area contributed by atoms with Crippen LogP contribution >= 0.6 is 0 Å². The minimum absolute atomic E-state index is 0.0212. The molecule has 2 aromatic carbocycles. The Labute approximate surface area is 178 Å². The van der Waals surface area contributed by atoms with Crippen LogP contribution in [0.1, 0.15) is 27.7 Å². The maximum absolute atomic E-state index is 13.6. The number of hydrogen-bond acceptors (Lipinski definition) is 5. The maximum Gasteiger partial charge on any atom is 0.254 e. The smallest absolute Gasteiger partial charge is 0.254 e. The van der Waals surface area contributed by atoms with E-state index in [1.54, 1.807) is 12.1 Å². The van der Waals surface area contributed by atoms with Gasteiger partial charge in [0.25, 0.3) is 5.91 Å². The molecule has 0 aliphatic carbocycles. The third kappa shape index (κ3) is 5.16. The molecule has 31 heavy (non-hydrogen) atoms. The van der Waals surface area contributed by atoms with E-state index in [2.05, 4.69) is 4.72 Å². The molecule has 0 aliphatic heterocycles. The number of sulfonamides is 1. The summed E-state index contributed by atoms with van der Waals surface area (Å²) in [6.07, 6.45) is 1.43. The minimum Gasteiger partial charge on any atom is -0.468 e. The first-order chi connectivity index (χ1) is 14.7. The standard InChI is InChI=1S/C21H20FN3O5S/c1-25(19(20(23)26)15-4-2-5-16(22)12-15)21(27)14-7-9-18(10-8-14)31(28,29)24-13-17-6-3-11-30-17/h2-12,19,24H,13H2,1H3,(H2,23,26). The summed E-state index contributed by atoms with van der Waals surface area (Å²) in [5.41, 5.74) is 5.80. The Bertz CT molecular complexity index is 1180. The molecule has 3 rings (SSSR count). The predicted molar refractivity (Wildman–Crippen MR) is 110 cm³/mol. The van der Waals surface area contributed by atoms with Crippen molar-refractivity contribution in [2.24, 2.45) is 5.73 Å². The third-order valence-corrected chi connectivity index (χ3v) is 5.99. The fourth-order valence-corrected chi connectivity index (χ4v) is 4.01. The van der Waals surface area contributed by atoms with Gasteiger partial charge >= 0.3 is 0 Å². The van der Waals surface area contributed by atoms with Gasteiger partial charge in [-0.15, -0.1) is 0 Å². The first-order valence-electron chi connectivity index (χ1n) is 9.13. The van der Waals surface area contributed by atoms with Gasteiger partial charge in [-0.1, -0.05) is 12.1 Å². The summed E-state index contributed by atoms with van der Waals surface area (Å²) in [5.74, 6) is -1.53. The van der Waals surface area contributed by atoms with Gasteiger partial charge in [0.2, 0.25) is 15.9 Å². The fourth-order valence-electron chi connectivity index (χ4n) is 3.02. The number of nitrogens with one attached hydrogen (secondary N) is 1. The van der Waals surface area contributed by atoms with E-state index in [4.69, 9.17) is 10.2 Å². The van der Waals surface area contributed by atoms with Crippen LogP contribution in [0.2, 0.25) is 0 Å². The molecule has 1 heterocycles. The summed E-state index contributed by atoms with van der Waals surface area (Å²) < 4.78 is 45.9. The maximum atomic E-state index is 13.6. The van der Waals surface area contributed by atoms with Crippen LogP contribution in [0.5, 0.6) is 0 Å². The number of benzene rings is 2. The SMILES string of the molecule is CN(C(=O)c1ccc(S(=O)(=O)NCc2ccco2)cc1)C(C(N)=O)c1cccc(F)c1. The summed E-state index contributed by atoms with van der Waals surface area (Å²) in [6.45, 7) is -0.0212. The molecule has 3 aromatic rings. The molecule has 2 amide bonds. The molecule has 0 saturated heterocycles. The number of rotatable bonds is 8. The summed E-state index contributed by atoms with van der Waals surface area (Å²) in [5, 5.41) is 0. The van der Waals surface area contributed by atoms with E-state index >= 15 is 0 Å². The molecule has 1 unspecified atom stereocenters. The number of primary amides is 1. The van der Waals surface area contributed by atoms with Crippen LogP contribution in [-0.4, -0.2) is 32.2 Å². The van der Waals surface area contributed by atoms with Crippen molar-refractivity contribution in [1.82, 2.24) is 9.62 Å². The lowest BCUT2D eigenvalue weighted by Gasteiger charge is -2.26. The number of nitrogens with two attached hydrogens (primary N) is 1.